The van der Waals surface area contributed by atoms with Gasteiger partial charge in [-0.25, -0.2) is 0 Å². The number of carbonyl (C=O) groups excluding carboxylic acids is 2. The van der Waals surface area contributed by atoms with Gasteiger partial charge in [-0.2, -0.15) is 0 Å². The molecule has 1 N–H and O–H groups in total. The van der Waals surface area contributed by atoms with Gasteiger partial charge in [0.25, 0.3) is 0 Å². The van der Waals surface area contributed by atoms with E-state index >= 15 is 0 Å². The van der Waals surface area contributed by atoms with Crippen LogP contribution in [0.1, 0.15) is 26.7 Å². The van der Waals surface area contributed by atoms with Crippen LogP contribution in [0.4, 0.5) is 0 Å². The summed E-state index contributed by atoms with van der Waals surface area (Å²) in [5.74, 6) is 0.342. The third kappa shape index (κ3) is 6.38. The van der Waals surface area contributed by atoms with Gasteiger partial charge in [0.1, 0.15) is 0 Å². The Balaban J connectivity index is 1.99. The lowest BCUT2D eigenvalue weighted by Crippen LogP contribution is -2.27. The minimum atomic E-state index is -0.255. The lowest BCUT2D eigenvalue weighted by Gasteiger charge is -2.07. The van der Waals surface area contributed by atoms with Crippen molar-refractivity contribution in [3.63, 3.8) is 0 Å². The summed E-state index contributed by atoms with van der Waals surface area (Å²) < 4.78 is 4.93. The molecule has 0 heterocycles. The summed E-state index contributed by atoms with van der Waals surface area (Å²) in [7, 11) is 0. The van der Waals surface area contributed by atoms with Gasteiger partial charge < -0.3 is 10.1 Å². The fourth-order valence-corrected chi connectivity index (χ4v) is 1.63. The maximum atomic E-state index is 11.2. The number of rotatable bonds is 6. The summed E-state index contributed by atoms with van der Waals surface area (Å²) in [5.41, 5.74) is 0. The Morgan fingerprint density at radius 2 is 2.07 bits per heavy atom. The standard InChI is InChI=1S/C10H17NO3S/c1-7(2)14-10(13)6-15-5-9(12)11-8-3-4-8/h7-8H,3-6H2,1-2H3,(H,11,12). The molecule has 1 amide bonds. The molecule has 5 heteroatoms. The molecule has 86 valence electrons. The minimum absolute atomic E-state index is 0.0137. The maximum absolute atomic E-state index is 11.2. The van der Waals surface area contributed by atoms with Gasteiger partial charge in [-0.15, -0.1) is 11.8 Å². The van der Waals surface area contributed by atoms with Crippen molar-refractivity contribution < 1.29 is 14.3 Å². The van der Waals surface area contributed by atoms with E-state index in [2.05, 4.69) is 5.32 Å². The van der Waals surface area contributed by atoms with E-state index in [9.17, 15) is 9.59 Å². The van der Waals surface area contributed by atoms with E-state index in [0.29, 0.717) is 11.8 Å². The zero-order valence-electron chi connectivity index (χ0n) is 9.12. The molecule has 0 saturated heterocycles. The highest BCUT2D eigenvalue weighted by molar-refractivity contribution is 8.00. The van der Waals surface area contributed by atoms with Crippen LogP contribution in [0.3, 0.4) is 0 Å². The number of hydrogen-bond acceptors (Lipinski definition) is 4. The van der Waals surface area contributed by atoms with E-state index in [1.807, 2.05) is 13.8 Å². The monoisotopic (exact) mass is 231 g/mol. The Labute approximate surface area is 94.1 Å². The Hall–Kier alpha value is -0.710. The fraction of sp³-hybridized carbons (Fsp3) is 0.800. The first-order valence-corrected chi connectivity index (χ1v) is 6.30. The van der Waals surface area contributed by atoms with Gasteiger partial charge in [0.15, 0.2) is 0 Å². The zero-order chi connectivity index (χ0) is 11.3. The number of thioether (sulfide) groups is 1. The van der Waals surface area contributed by atoms with Gasteiger partial charge in [-0.05, 0) is 26.7 Å². The van der Waals surface area contributed by atoms with Crippen LogP contribution in [0.2, 0.25) is 0 Å². The first kappa shape index (κ1) is 12.4. The Morgan fingerprint density at radius 1 is 1.40 bits per heavy atom. The van der Waals surface area contributed by atoms with Crippen LogP contribution < -0.4 is 5.32 Å². The molecule has 0 aliphatic heterocycles. The van der Waals surface area contributed by atoms with Crippen molar-refractivity contribution in [2.45, 2.75) is 38.8 Å². The predicted molar refractivity (Wildman–Crippen MR) is 59.7 cm³/mol. The summed E-state index contributed by atoms with van der Waals surface area (Å²) in [6.07, 6.45) is 2.09. The lowest BCUT2D eigenvalue weighted by molar-refractivity contribution is -0.144. The Kier molecular flexibility index (Phi) is 4.94. The van der Waals surface area contributed by atoms with Crippen LogP contribution >= 0.6 is 11.8 Å². The molecule has 0 aromatic rings. The Bertz CT molecular complexity index is 223. The summed E-state index contributed by atoms with van der Waals surface area (Å²) in [6, 6.07) is 0.390. The highest BCUT2D eigenvalue weighted by atomic mass is 32.2. The van der Waals surface area contributed by atoms with Crippen molar-refractivity contribution in [1.82, 2.24) is 5.32 Å². The van der Waals surface area contributed by atoms with Crippen LogP contribution in [0.5, 0.6) is 0 Å². The number of hydrogen-bond donors (Lipinski definition) is 1. The third-order valence-corrected chi connectivity index (χ3v) is 2.67. The van der Waals surface area contributed by atoms with Gasteiger partial charge in [-0.3, -0.25) is 9.59 Å². The van der Waals surface area contributed by atoms with E-state index in [-0.39, 0.29) is 23.7 Å². The van der Waals surface area contributed by atoms with Crippen molar-refractivity contribution >= 4 is 23.6 Å². The van der Waals surface area contributed by atoms with Crippen LogP contribution in [-0.4, -0.2) is 35.5 Å². The molecule has 0 bridgehead atoms. The predicted octanol–water partition coefficient (Wildman–Crippen LogP) is 0.950. The normalized spacial score (nSPS) is 15.1. The minimum Gasteiger partial charge on any atom is -0.462 e. The molecular weight excluding hydrogens is 214 g/mol. The second kappa shape index (κ2) is 6.00. The van der Waals surface area contributed by atoms with Crippen LogP contribution in [0.25, 0.3) is 0 Å². The average molecular weight is 231 g/mol. The summed E-state index contributed by atoms with van der Waals surface area (Å²) in [4.78, 5) is 22.3. The largest absolute Gasteiger partial charge is 0.462 e. The van der Waals surface area contributed by atoms with Crippen LogP contribution in [0, 0.1) is 0 Å². The van der Waals surface area contributed by atoms with Gasteiger partial charge in [0.2, 0.25) is 5.91 Å². The number of carbonyl (C=O) groups is 2. The van der Waals surface area contributed by atoms with E-state index in [0.717, 1.165) is 12.8 Å². The average Bonchev–Trinajstić information content (AvgIpc) is 2.86. The van der Waals surface area contributed by atoms with E-state index in [1.54, 1.807) is 0 Å². The highest BCUT2D eigenvalue weighted by Crippen LogP contribution is 2.18. The fourth-order valence-electron chi connectivity index (χ4n) is 1.02. The molecule has 0 spiro atoms. The lowest BCUT2D eigenvalue weighted by atomic mass is 10.5. The first-order valence-electron chi connectivity index (χ1n) is 5.14. The van der Waals surface area contributed by atoms with Crippen molar-refractivity contribution in [1.29, 1.82) is 0 Å². The second-order valence-corrected chi connectivity index (χ2v) is 4.86. The summed E-state index contributed by atoms with van der Waals surface area (Å²) >= 11 is 1.29. The smallest absolute Gasteiger partial charge is 0.316 e. The third-order valence-electron chi connectivity index (χ3n) is 1.76. The van der Waals surface area contributed by atoms with Crippen molar-refractivity contribution in [3.8, 4) is 0 Å². The molecule has 1 aliphatic carbocycles. The molecule has 0 aromatic heterocycles. The van der Waals surface area contributed by atoms with Gasteiger partial charge in [0, 0.05) is 6.04 Å². The quantitative estimate of drug-likeness (QED) is 0.691. The molecule has 0 radical (unpaired) electrons. The maximum Gasteiger partial charge on any atom is 0.316 e. The number of esters is 1. The van der Waals surface area contributed by atoms with Gasteiger partial charge in [0.05, 0.1) is 17.6 Å². The molecular formula is C10H17NO3S. The molecule has 1 saturated carbocycles. The van der Waals surface area contributed by atoms with E-state index < -0.39 is 0 Å². The molecule has 0 aromatic carbocycles. The van der Waals surface area contributed by atoms with Crippen molar-refractivity contribution in [2.24, 2.45) is 0 Å². The SMILES string of the molecule is CC(C)OC(=O)CSCC(=O)NC1CC1. The van der Waals surface area contributed by atoms with Gasteiger partial charge >= 0.3 is 5.97 Å². The zero-order valence-corrected chi connectivity index (χ0v) is 9.93. The molecule has 1 fully saturated rings. The highest BCUT2D eigenvalue weighted by Gasteiger charge is 2.23. The van der Waals surface area contributed by atoms with Crippen molar-refractivity contribution in [2.75, 3.05) is 11.5 Å². The molecule has 4 nitrogen and oxygen atoms in total. The molecule has 1 rings (SSSR count). The number of ether oxygens (including phenoxy) is 1. The second-order valence-electron chi connectivity index (χ2n) is 3.87. The van der Waals surface area contributed by atoms with Gasteiger partial charge in [-0.1, -0.05) is 0 Å². The molecule has 1 aliphatic rings. The van der Waals surface area contributed by atoms with Crippen LogP contribution in [0.15, 0.2) is 0 Å². The summed E-state index contributed by atoms with van der Waals surface area (Å²) in [6.45, 7) is 3.62. The topological polar surface area (TPSA) is 55.4 Å². The Morgan fingerprint density at radius 3 is 2.60 bits per heavy atom. The molecule has 0 unspecified atom stereocenters. The van der Waals surface area contributed by atoms with Crippen molar-refractivity contribution in [3.05, 3.63) is 0 Å². The molecule has 15 heavy (non-hydrogen) atoms. The first-order chi connectivity index (χ1) is 7.08. The molecule has 0 atom stereocenters. The van der Waals surface area contributed by atoms with E-state index in [1.165, 1.54) is 11.8 Å². The number of amides is 1. The summed E-state index contributed by atoms with van der Waals surface area (Å²) in [5, 5.41) is 2.86. The number of nitrogens with one attached hydrogen (secondary N) is 1. The van der Waals surface area contributed by atoms with E-state index in [4.69, 9.17) is 4.74 Å². The van der Waals surface area contributed by atoms with Crippen LogP contribution in [-0.2, 0) is 14.3 Å².